The summed E-state index contributed by atoms with van der Waals surface area (Å²) in [5.41, 5.74) is -0.223. The largest absolute Gasteiger partial charge is 0.494 e. The van der Waals surface area contributed by atoms with Crippen LogP contribution in [0.5, 0.6) is 5.75 Å². The molecule has 3 nitrogen and oxygen atoms in total. The summed E-state index contributed by atoms with van der Waals surface area (Å²) in [5.74, 6) is 0.182. The second kappa shape index (κ2) is 8.76. The van der Waals surface area contributed by atoms with E-state index in [1.165, 1.54) is 12.1 Å². The van der Waals surface area contributed by atoms with Crippen LogP contribution in [0.4, 0.5) is 18.9 Å². The first-order valence-electron chi connectivity index (χ1n) is 7.88. The van der Waals surface area contributed by atoms with Crippen molar-refractivity contribution >= 4 is 29.3 Å². The van der Waals surface area contributed by atoms with Gasteiger partial charge >= 0.3 is 6.18 Å². The second-order valence-corrected chi connectivity index (χ2v) is 5.84. The Morgan fingerprint density at radius 3 is 2.50 bits per heavy atom. The van der Waals surface area contributed by atoms with Crippen LogP contribution in [0.1, 0.15) is 24.5 Å². The number of alkyl halides is 3. The molecule has 0 saturated heterocycles. The molecule has 0 aliphatic carbocycles. The Morgan fingerprint density at radius 1 is 1.19 bits per heavy atom. The zero-order valence-corrected chi connectivity index (χ0v) is 14.7. The van der Waals surface area contributed by atoms with Gasteiger partial charge in [-0.25, -0.2) is 0 Å². The van der Waals surface area contributed by atoms with E-state index in [1.54, 1.807) is 30.3 Å². The van der Waals surface area contributed by atoms with Gasteiger partial charge in [0.25, 0.3) is 0 Å². The first kappa shape index (κ1) is 19.8. The van der Waals surface area contributed by atoms with Crippen LogP contribution in [0.15, 0.2) is 48.5 Å². The van der Waals surface area contributed by atoms with E-state index in [1.807, 2.05) is 6.92 Å². The zero-order chi connectivity index (χ0) is 19.2. The lowest BCUT2D eigenvalue weighted by atomic mass is 10.2. The fourth-order valence-corrected chi connectivity index (χ4v) is 2.30. The highest BCUT2D eigenvalue weighted by Crippen LogP contribution is 2.36. The summed E-state index contributed by atoms with van der Waals surface area (Å²) in [6.45, 7) is 2.63. The number of rotatable bonds is 6. The van der Waals surface area contributed by atoms with E-state index < -0.39 is 22.7 Å². The van der Waals surface area contributed by atoms with Crippen LogP contribution in [0.2, 0.25) is 5.02 Å². The number of carbonyl (C=O) groups is 1. The van der Waals surface area contributed by atoms with Gasteiger partial charge in [0.1, 0.15) is 5.75 Å². The van der Waals surface area contributed by atoms with E-state index in [0.717, 1.165) is 29.9 Å². The number of hydrogen-bond donors (Lipinski definition) is 1. The Kier molecular flexibility index (Phi) is 6.69. The monoisotopic (exact) mass is 383 g/mol. The summed E-state index contributed by atoms with van der Waals surface area (Å²) in [7, 11) is 0. The number of amides is 1. The van der Waals surface area contributed by atoms with Crippen LogP contribution in [0.25, 0.3) is 6.08 Å². The Morgan fingerprint density at radius 2 is 1.88 bits per heavy atom. The normalized spacial score (nSPS) is 11.6. The minimum atomic E-state index is -4.59. The van der Waals surface area contributed by atoms with Crippen molar-refractivity contribution in [3.8, 4) is 5.75 Å². The number of nitrogens with one attached hydrogen (secondary N) is 1. The Hall–Kier alpha value is -2.47. The minimum absolute atomic E-state index is 0.0136. The molecule has 0 unspecified atom stereocenters. The lowest BCUT2D eigenvalue weighted by Gasteiger charge is -2.11. The Labute approximate surface area is 154 Å². The predicted molar refractivity (Wildman–Crippen MR) is 96.3 cm³/mol. The molecule has 7 heteroatoms. The molecule has 0 saturated carbocycles. The van der Waals surface area contributed by atoms with Gasteiger partial charge in [-0.1, -0.05) is 30.7 Å². The topological polar surface area (TPSA) is 38.3 Å². The Balaban J connectivity index is 2.01. The van der Waals surface area contributed by atoms with Gasteiger partial charge in [0.2, 0.25) is 5.91 Å². The molecule has 138 valence electrons. The van der Waals surface area contributed by atoms with Crippen molar-refractivity contribution in [1.82, 2.24) is 0 Å². The summed E-state index contributed by atoms with van der Waals surface area (Å²) in [6, 6.07) is 10.3. The summed E-state index contributed by atoms with van der Waals surface area (Å²) in [5, 5.41) is 1.96. The molecule has 1 amide bonds. The van der Waals surface area contributed by atoms with Crippen molar-refractivity contribution in [2.75, 3.05) is 11.9 Å². The molecule has 0 aromatic heterocycles. The quantitative estimate of drug-likeness (QED) is 0.640. The SMILES string of the molecule is CCCOc1ccc(C=CC(=O)Nc2ccc(Cl)c(C(F)(F)F)c2)cc1. The molecule has 0 atom stereocenters. The molecular formula is C19H17ClF3NO2. The fraction of sp³-hybridized carbons (Fsp3) is 0.211. The lowest BCUT2D eigenvalue weighted by Crippen LogP contribution is -2.11. The van der Waals surface area contributed by atoms with Crippen LogP contribution in [0.3, 0.4) is 0 Å². The molecule has 2 aromatic carbocycles. The molecule has 0 radical (unpaired) electrons. The number of hydrogen-bond acceptors (Lipinski definition) is 2. The number of halogens is 4. The van der Waals surface area contributed by atoms with E-state index >= 15 is 0 Å². The predicted octanol–water partition coefficient (Wildman–Crippen LogP) is 5.80. The van der Waals surface area contributed by atoms with E-state index in [0.29, 0.717) is 6.61 Å². The third-order valence-electron chi connectivity index (χ3n) is 3.32. The highest BCUT2D eigenvalue weighted by molar-refractivity contribution is 6.31. The maximum absolute atomic E-state index is 12.8. The van der Waals surface area contributed by atoms with Crippen LogP contribution < -0.4 is 10.1 Å². The van der Waals surface area contributed by atoms with Crippen LogP contribution in [-0.4, -0.2) is 12.5 Å². The van der Waals surface area contributed by atoms with Gasteiger partial charge in [0.05, 0.1) is 17.2 Å². The third-order valence-corrected chi connectivity index (χ3v) is 3.65. The highest BCUT2D eigenvalue weighted by atomic mass is 35.5. The zero-order valence-electron chi connectivity index (χ0n) is 13.9. The van der Waals surface area contributed by atoms with Gasteiger partial charge in [-0.2, -0.15) is 13.2 Å². The van der Waals surface area contributed by atoms with Gasteiger partial charge in [0, 0.05) is 11.8 Å². The van der Waals surface area contributed by atoms with E-state index in [-0.39, 0.29) is 5.69 Å². The van der Waals surface area contributed by atoms with E-state index in [9.17, 15) is 18.0 Å². The smallest absolute Gasteiger partial charge is 0.417 e. The van der Waals surface area contributed by atoms with Crippen molar-refractivity contribution < 1.29 is 22.7 Å². The van der Waals surface area contributed by atoms with Gasteiger partial charge in [-0.05, 0) is 48.4 Å². The van der Waals surface area contributed by atoms with E-state index in [4.69, 9.17) is 16.3 Å². The minimum Gasteiger partial charge on any atom is -0.494 e. The maximum atomic E-state index is 12.8. The van der Waals surface area contributed by atoms with Crippen LogP contribution in [0, 0.1) is 0 Å². The van der Waals surface area contributed by atoms with Crippen LogP contribution >= 0.6 is 11.6 Å². The van der Waals surface area contributed by atoms with Crippen molar-refractivity contribution in [2.24, 2.45) is 0 Å². The molecule has 0 heterocycles. The molecule has 2 rings (SSSR count). The molecule has 0 spiro atoms. The van der Waals surface area contributed by atoms with Crippen molar-refractivity contribution in [2.45, 2.75) is 19.5 Å². The molecule has 0 aliphatic rings. The molecule has 2 aromatic rings. The lowest BCUT2D eigenvalue weighted by molar-refractivity contribution is -0.137. The van der Waals surface area contributed by atoms with Crippen molar-refractivity contribution in [1.29, 1.82) is 0 Å². The Bertz CT molecular complexity index is 786. The second-order valence-electron chi connectivity index (χ2n) is 5.43. The molecule has 0 fully saturated rings. The molecule has 0 aliphatic heterocycles. The van der Waals surface area contributed by atoms with Gasteiger partial charge < -0.3 is 10.1 Å². The maximum Gasteiger partial charge on any atom is 0.417 e. The number of carbonyl (C=O) groups excluding carboxylic acids is 1. The molecule has 0 bridgehead atoms. The van der Waals surface area contributed by atoms with E-state index in [2.05, 4.69) is 5.32 Å². The number of anilines is 1. The average molecular weight is 384 g/mol. The average Bonchev–Trinajstić information content (AvgIpc) is 2.60. The fourth-order valence-electron chi connectivity index (χ4n) is 2.07. The van der Waals surface area contributed by atoms with Crippen molar-refractivity contribution in [3.63, 3.8) is 0 Å². The number of ether oxygens (including phenoxy) is 1. The van der Waals surface area contributed by atoms with Gasteiger partial charge in [-0.15, -0.1) is 0 Å². The first-order valence-corrected chi connectivity index (χ1v) is 8.26. The summed E-state index contributed by atoms with van der Waals surface area (Å²) >= 11 is 5.55. The highest BCUT2D eigenvalue weighted by Gasteiger charge is 2.33. The molecule has 26 heavy (non-hydrogen) atoms. The number of benzene rings is 2. The summed E-state index contributed by atoms with van der Waals surface area (Å²) < 4.78 is 43.9. The summed E-state index contributed by atoms with van der Waals surface area (Å²) in [4.78, 5) is 11.9. The first-order chi connectivity index (χ1) is 12.3. The van der Waals surface area contributed by atoms with Gasteiger partial charge in [0.15, 0.2) is 0 Å². The van der Waals surface area contributed by atoms with Crippen LogP contribution in [-0.2, 0) is 11.0 Å². The third kappa shape index (κ3) is 5.81. The standard InChI is InChI=1S/C19H17ClF3NO2/c1-2-11-26-15-7-3-13(4-8-15)5-10-18(25)24-14-6-9-17(20)16(12-14)19(21,22)23/h3-10,12H,2,11H2,1H3,(H,24,25). The molecule has 1 N–H and O–H groups in total. The molecular weight excluding hydrogens is 367 g/mol. The van der Waals surface area contributed by atoms with Gasteiger partial charge in [-0.3, -0.25) is 4.79 Å². The summed E-state index contributed by atoms with van der Waals surface area (Å²) in [6.07, 6.45) is -0.888. The van der Waals surface area contributed by atoms with Crippen molar-refractivity contribution in [3.05, 3.63) is 64.7 Å².